The summed E-state index contributed by atoms with van der Waals surface area (Å²) in [7, 11) is -1.16. The van der Waals surface area contributed by atoms with Gasteiger partial charge in [-0.25, -0.2) is 0 Å². The van der Waals surface area contributed by atoms with Crippen LogP contribution in [0.3, 0.4) is 0 Å². The van der Waals surface area contributed by atoms with E-state index < -0.39 is 7.26 Å². The van der Waals surface area contributed by atoms with E-state index in [1.54, 1.807) is 36.4 Å². The molecule has 60 heavy (non-hydrogen) atoms. The number of rotatable bonds is 30. The van der Waals surface area contributed by atoms with E-state index in [-0.39, 0.29) is 29.3 Å². The first-order chi connectivity index (χ1) is 29.4. The molecular formula is C54H73BrO4P+. The van der Waals surface area contributed by atoms with Crippen molar-refractivity contribution in [2.24, 2.45) is 0 Å². The summed E-state index contributed by atoms with van der Waals surface area (Å²) in [5, 5.41) is 0.781. The Morgan fingerprint density at radius 3 is 1.17 bits per heavy atom. The molecule has 5 rings (SSSR count). The van der Waals surface area contributed by atoms with Crippen LogP contribution in [0.1, 0.15) is 190 Å². The maximum atomic E-state index is 14.1. The van der Waals surface area contributed by atoms with E-state index in [1.807, 2.05) is 12.1 Å². The summed E-state index contributed by atoms with van der Waals surface area (Å²) < 4.78 is 12.7. The van der Waals surface area contributed by atoms with Gasteiger partial charge in [-0.15, -0.1) is 0 Å². The summed E-state index contributed by atoms with van der Waals surface area (Å²) in [5.41, 5.74) is 6.06. The standard InChI is InChI=1S/C54H73BrO4P/c1-4-7-10-13-16-21-36-60(37-22-17-14-11-8-5-2,38-23-18-15-12-9-6-3)42-46-32-30-45(31-33-46)41-59-50-35-34-49(58-40-44-28-26-43(39-55)27-29-44)51-52(50)54(57)48-25-20-19-24-47(48)53(51)56/h19-20,24-35H,4-18,21-23,36-42H2,1-3H3/q+1. The quantitative estimate of drug-likeness (QED) is 0.0262. The smallest absolute Gasteiger partial charge is 0.198 e. The molecule has 0 N–H and O–H groups in total. The molecule has 0 aliphatic heterocycles. The molecule has 0 amide bonds. The van der Waals surface area contributed by atoms with E-state index in [4.69, 9.17) is 9.47 Å². The number of carbonyl (C=O) groups excluding carboxylic acids is 2. The van der Waals surface area contributed by atoms with Gasteiger partial charge in [0.1, 0.15) is 24.7 Å². The lowest BCUT2D eigenvalue weighted by atomic mass is 9.83. The molecule has 4 nitrogen and oxygen atoms in total. The Morgan fingerprint density at radius 2 is 0.783 bits per heavy atom. The fourth-order valence-corrected chi connectivity index (χ4v) is 14.0. The number of ether oxygens (including phenoxy) is 2. The van der Waals surface area contributed by atoms with Gasteiger partial charge in [-0.3, -0.25) is 9.59 Å². The molecule has 6 heteroatoms. The fourth-order valence-electron chi connectivity index (χ4n) is 8.83. The molecule has 0 fully saturated rings. The summed E-state index contributed by atoms with van der Waals surface area (Å²) in [5.74, 6) is 0.389. The summed E-state index contributed by atoms with van der Waals surface area (Å²) in [6, 6.07) is 27.9. The van der Waals surface area contributed by atoms with E-state index in [9.17, 15) is 9.59 Å². The average molecular weight is 897 g/mol. The summed E-state index contributed by atoms with van der Waals surface area (Å²) in [6.07, 6.45) is 30.2. The first kappa shape index (κ1) is 47.8. The number of unbranched alkanes of at least 4 members (excludes halogenated alkanes) is 15. The van der Waals surface area contributed by atoms with Crippen LogP contribution in [-0.4, -0.2) is 30.1 Å². The topological polar surface area (TPSA) is 52.6 Å². The Kier molecular flexibility index (Phi) is 20.9. The molecule has 0 atom stereocenters. The maximum Gasteiger partial charge on any atom is 0.198 e. The molecule has 1 aliphatic carbocycles. The van der Waals surface area contributed by atoms with Gasteiger partial charge in [0.05, 0.1) is 35.8 Å². The maximum absolute atomic E-state index is 14.1. The van der Waals surface area contributed by atoms with Gasteiger partial charge in [0.15, 0.2) is 11.6 Å². The lowest BCUT2D eigenvalue weighted by molar-refractivity contribution is 0.0971. The molecule has 4 aromatic carbocycles. The van der Waals surface area contributed by atoms with Crippen LogP contribution in [0.25, 0.3) is 0 Å². The number of carbonyl (C=O) groups is 2. The third-order valence-electron chi connectivity index (χ3n) is 12.5. The Morgan fingerprint density at radius 1 is 0.433 bits per heavy atom. The van der Waals surface area contributed by atoms with Gasteiger partial charge in [-0.2, -0.15) is 0 Å². The van der Waals surface area contributed by atoms with Crippen molar-refractivity contribution in [1.29, 1.82) is 0 Å². The molecule has 0 saturated carbocycles. The normalized spacial score (nSPS) is 12.4. The number of hydrogen-bond donors (Lipinski definition) is 0. The van der Waals surface area contributed by atoms with Crippen LogP contribution in [0, 0.1) is 0 Å². The van der Waals surface area contributed by atoms with Crippen molar-refractivity contribution < 1.29 is 19.1 Å². The van der Waals surface area contributed by atoms with Gasteiger partial charge >= 0.3 is 0 Å². The van der Waals surface area contributed by atoms with Crippen molar-refractivity contribution in [2.45, 2.75) is 161 Å². The molecular weight excluding hydrogens is 823 g/mol. The van der Waals surface area contributed by atoms with E-state index >= 15 is 0 Å². The first-order valence-corrected chi connectivity index (χ1v) is 27.2. The lowest BCUT2D eigenvalue weighted by Gasteiger charge is -2.29. The van der Waals surface area contributed by atoms with Crippen LogP contribution in [0.4, 0.5) is 0 Å². The summed E-state index contributed by atoms with van der Waals surface area (Å²) >= 11 is 3.50. The van der Waals surface area contributed by atoms with Gasteiger partial charge in [-0.05, 0) is 72.9 Å². The van der Waals surface area contributed by atoms with Crippen molar-refractivity contribution >= 4 is 34.8 Å². The van der Waals surface area contributed by atoms with Crippen LogP contribution < -0.4 is 9.47 Å². The number of halogens is 1. The number of fused-ring (bicyclic) bond motifs is 2. The molecule has 0 heterocycles. The second kappa shape index (κ2) is 26.3. The third-order valence-corrected chi connectivity index (χ3v) is 17.9. The minimum Gasteiger partial charge on any atom is -0.488 e. The Balaban J connectivity index is 1.32. The van der Waals surface area contributed by atoms with Crippen LogP contribution in [0.5, 0.6) is 11.5 Å². The molecule has 1 aliphatic rings. The zero-order valence-electron chi connectivity index (χ0n) is 37.2. The van der Waals surface area contributed by atoms with Crippen LogP contribution >= 0.6 is 23.2 Å². The highest BCUT2D eigenvalue weighted by Gasteiger charge is 2.37. The average Bonchev–Trinajstić information content (AvgIpc) is 3.28. The Labute approximate surface area is 372 Å². The van der Waals surface area contributed by atoms with E-state index in [0.717, 1.165) is 16.5 Å². The van der Waals surface area contributed by atoms with Crippen molar-refractivity contribution in [2.75, 3.05) is 18.5 Å². The first-order valence-electron chi connectivity index (χ1n) is 23.6. The van der Waals surface area contributed by atoms with Crippen molar-refractivity contribution in [3.8, 4) is 11.5 Å². The second-order valence-electron chi connectivity index (χ2n) is 17.3. The monoisotopic (exact) mass is 895 g/mol. The molecule has 0 spiro atoms. The Hall–Kier alpha value is -3.27. The predicted molar refractivity (Wildman–Crippen MR) is 259 cm³/mol. The fraction of sp³-hybridized carbons (Fsp3) is 0.519. The molecule has 0 bridgehead atoms. The second-order valence-corrected chi connectivity index (χ2v) is 22.2. The van der Waals surface area contributed by atoms with Crippen molar-refractivity contribution in [3.05, 3.63) is 129 Å². The van der Waals surface area contributed by atoms with Gasteiger partial charge in [-0.1, -0.05) is 187 Å². The highest BCUT2D eigenvalue weighted by atomic mass is 79.9. The third kappa shape index (κ3) is 14.4. The van der Waals surface area contributed by atoms with Gasteiger partial charge in [0.25, 0.3) is 0 Å². The molecule has 4 aromatic rings. The minimum absolute atomic E-state index is 0.209. The SMILES string of the molecule is CCCCCCCC[P+](CCCCCCCC)(CCCCCCCC)Cc1ccc(COc2ccc(OCc3ccc(CBr)cc3)c3c2C(=O)c2ccccc2C3=O)cc1. The molecule has 0 radical (unpaired) electrons. The van der Waals surface area contributed by atoms with E-state index in [0.29, 0.717) is 29.2 Å². The van der Waals surface area contributed by atoms with Gasteiger partial charge < -0.3 is 9.47 Å². The number of ketones is 2. The molecule has 0 unspecified atom stereocenters. The zero-order valence-corrected chi connectivity index (χ0v) is 39.7. The predicted octanol–water partition coefficient (Wildman–Crippen LogP) is 16.1. The highest BCUT2D eigenvalue weighted by Crippen LogP contribution is 2.63. The van der Waals surface area contributed by atoms with Crippen molar-refractivity contribution in [3.63, 3.8) is 0 Å². The van der Waals surface area contributed by atoms with Crippen LogP contribution in [0.15, 0.2) is 84.9 Å². The highest BCUT2D eigenvalue weighted by molar-refractivity contribution is 9.08. The molecule has 0 aromatic heterocycles. The largest absolute Gasteiger partial charge is 0.488 e. The van der Waals surface area contributed by atoms with Crippen molar-refractivity contribution in [1.82, 2.24) is 0 Å². The summed E-state index contributed by atoms with van der Waals surface area (Å²) in [4.78, 5) is 28.1. The zero-order chi connectivity index (χ0) is 42.4. The van der Waals surface area contributed by atoms with Gasteiger partial charge in [0, 0.05) is 23.7 Å². The number of alkyl halides is 1. The van der Waals surface area contributed by atoms with E-state index in [1.165, 1.54) is 151 Å². The van der Waals surface area contributed by atoms with Crippen LogP contribution in [-0.2, 0) is 24.7 Å². The summed E-state index contributed by atoms with van der Waals surface area (Å²) in [6.45, 7) is 7.52. The minimum atomic E-state index is -1.16. The van der Waals surface area contributed by atoms with Crippen LogP contribution in [0.2, 0.25) is 0 Å². The number of hydrogen-bond acceptors (Lipinski definition) is 4. The number of benzene rings is 4. The molecule has 0 saturated heterocycles. The van der Waals surface area contributed by atoms with E-state index in [2.05, 4.69) is 73.1 Å². The molecule has 324 valence electrons. The Bertz CT molecular complexity index is 1840. The lowest BCUT2D eigenvalue weighted by Crippen LogP contribution is -2.23. The van der Waals surface area contributed by atoms with Gasteiger partial charge in [0.2, 0.25) is 0 Å².